The van der Waals surface area contributed by atoms with Gasteiger partial charge in [0.15, 0.2) is 0 Å². The van der Waals surface area contributed by atoms with Crippen molar-refractivity contribution in [2.45, 2.75) is 39.5 Å². The molecule has 0 saturated carbocycles. The Bertz CT molecular complexity index is 348. The largest absolute Gasteiger partial charge is 0.383 e. The third-order valence-corrected chi connectivity index (χ3v) is 2.80. The van der Waals surface area contributed by atoms with Crippen LogP contribution in [-0.4, -0.2) is 16.7 Å². The number of unbranched alkanes of at least 4 members (excludes halogenated alkanes) is 1. The number of hydrogen-bond donors (Lipinski definition) is 2. The zero-order valence-electron chi connectivity index (χ0n) is 10.1. The first-order chi connectivity index (χ1) is 7.76. The Morgan fingerprint density at radius 1 is 1.50 bits per heavy atom. The van der Waals surface area contributed by atoms with Gasteiger partial charge in [0, 0.05) is 12.6 Å². The van der Waals surface area contributed by atoms with E-state index < -0.39 is 0 Å². The molecule has 0 aliphatic rings. The van der Waals surface area contributed by atoms with E-state index in [2.05, 4.69) is 29.4 Å². The molecule has 4 nitrogen and oxygen atoms in total. The Morgan fingerprint density at radius 2 is 2.31 bits per heavy atom. The molecule has 0 aromatic carbocycles. The second kappa shape index (κ2) is 7.04. The number of aromatic amines is 1. The van der Waals surface area contributed by atoms with Gasteiger partial charge in [-0.25, -0.2) is 5.10 Å². The molecule has 1 atom stereocenters. The van der Waals surface area contributed by atoms with E-state index in [4.69, 9.17) is 0 Å². The quantitative estimate of drug-likeness (QED) is 0.746. The van der Waals surface area contributed by atoms with E-state index in [-0.39, 0.29) is 5.56 Å². The van der Waals surface area contributed by atoms with Crippen LogP contribution < -0.4 is 10.9 Å². The highest BCUT2D eigenvalue weighted by Gasteiger charge is 2.05. The van der Waals surface area contributed by atoms with Gasteiger partial charge in [-0.2, -0.15) is 5.10 Å². The standard InChI is InChI=1S/C12H21N3O/c1-3-5-6-10(4-2)8-13-11-7-12(16)15-14-9-11/h7,9-10H,3-6,8H2,1-2H3,(H2,13,15,16). The molecule has 1 heterocycles. The van der Waals surface area contributed by atoms with E-state index in [1.807, 2.05) is 0 Å². The van der Waals surface area contributed by atoms with Crippen molar-refractivity contribution in [1.82, 2.24) is 10.2 Å². The summed E-state index contributed by atoms with van der Waals surface area (Å²) in [6.45, 7) is 5.33. The molecule has 90 valence electrons. The van der Waals surface area contributed by atoms with Crippen molar-refractivity contribution in [3.05, 3.63) is 22.6 Å². The molecule has 0 radical (unpaired) electrons. The summed E-state index contributed by atoms with van der Waals surface area (Å²) in [5.74, 6) is 0.680. The molecule has 2 N–H and O–H groups in total. The third-order valence-electron chi connectivity index (χ3n) is 2.80. The van der Waals surface area contributed by atoms with Gasteiger partial charge < -0.3 is 5.32 Å². The van der Waals surface area contributed by atoms with Crippen LogP contribution in [0, 0.1) is 5.92 Å². The number of rotatable bonds is 7. The highest BCUT2D eigenvalue weighted by molar-refractivity contribution is 5.38. The summed E-state index contributed by atoms with van der Waals surface area (Å²) in [5, 5.41) is 9.38. The van der Waals surface area contributed by atoms with Crippen LogP contribution in [0.25, 0.3) is 0 Å². The Hall–Kier alpha value is -1.32. The lowest BCUT2D eigenvalue weighted by Gasteiger charge is -2.15. The minimum atomic E-state index is -0.161. The van der Waals surface area contributed by atoms with E-state index in [9.17, 15) is 4.79 Å². The van der Waals surface area contributed by atoms with Crippen LogP contribution >= 0.6 is 0 Å². The minimum Gasteiger partial charge on any atom is -0.383 e. The predicted molar refractivity (Wildman–Crippen MR) is 66.7 cm³/mol. The van der Waals surface area contributed by atoms with Gasteiger partial charge in [0.2, 0.25) is 0 Å². The summed E-state index contributed by atoms with van der Waals surface area (Å²) < 4.78 is 0. The average Bonchev–Trinajstić information content (AvgIpc) is 2.29. The lowest BCUT2D eigenvalue weighted by Crippen LogP contribution is -2.16. The maximum atomic E-state index is 11.0. The molecule has 0 aliphatic heterocycles. The zero-order chi connectivity index (χ0) is 11.8. The second-order valence-corrected chi connectivity index (χ2v) is 4.13. The van der Waals surface area contributed by atoms with Gasteiger partial charge in [-0.3, -0.25) is 4.79 Å². The molecule has 0 amide bonds. The number of nitrogens with one attached hydrogen (secondary N) is 2. The van der Waals surface area contributed by atoms with Crippen LogP contribution in [0.5, 0.6) is 0 Å². The van der Waals surface area contributed by atoms with Gasteiger partial charge in [-0.05, 0) is 12.3 Å². The average molecular weight is 223 g/mol. The van der Waals surface area contributed by atoms with Gasteiger partial charge in [0.1, 0.15) is 0 Å². The van der Waals surface area contributed by atoms with Crippen molar-refractivity contribution in [2.24, 2.45) is 5.92 Å². The predicted octanol–water partition coefficient (Wildman–Crippen LogP) is 2.40. The fraction of sp³-hybridized carbons (Fsp3) is 0.667. The Labute approximate surface area is 96.5 Å². The SMILES string of the molecule is CCCCC(CC)CNc1cn[nH]c(=O)c1. The summed E-state index contributed by atoms with van der Waals surface area (Å²) in [6, 6.07) is 1.54. The smallest absolute Gasteiger partial charge is 0.266 e. The monoisotopic (exact) mass is 223 g/mol. The first-order valence-corrected chi connectivity index (χ1v) is 6.04. The first-order valence-electron chi connectivity index (χ1n) is 6.04. The van der Waals surface area contributed by atoms with E-state index in [0.29, 0.717) is 5.92 Å². The van der Waals surface area contributed by atoms with Gasteiger partial charge in [-0.1, -0.05) is 33.1 Å². The zero-order valence-corrected chi connectivity index (χ0v) is 10.1. The van der Waals surface area contributed by atoms with Crippen LogP contribution in [0.15, 0.2) is 17.1 Å². The molecule has 0 bridgehead atoms. The summed E-state index contributed by atoms with van der Waals surface area (Å²) in [4.78, 5) is 11.0. The Kier molecular flexibility index (Phi) is 5.61. The topological polar surface area (TPSA) is 57.8 Å². The van der Waals surface area contributed by atoms with Crippen LogP contribution in [0.2, 0.25) is 0 Å². The van der Waals surface area contributed by atoms with E-state index >= 15 is 0 Å². The summed E-state index contributed by atoms with van der Waals surface area (Å²) >= 11 is 0. The number of anilines is 1. The third kappa shape index (κ3) is 4.47. The minimum absolute atomic E-state index is 0.161. The van der Waals surface area contributed by atoms with Gasteiger partial charge in [0.25, 0.3) is 5.56 Å². The first kappa shape index (κ1) is 12.7. The molecule has 1 aromatic rings. The van der Waals surface area contributed by atoms with Crippen LogP contribution in [-0.2, 0) is 0 Å². The van der Waals surface area contributed by atoms with Gasteiger partial charge in [0.05, 0.1) is 11.9 Å². The summed E-state index contributed by atoms with van der Waals surface area (Å²) in [7, 11) is 0. The molecular formula is C12H21N3O. The van der Waals surface area contributed by atoms with E-state index in [1.165, 1.54) is 25.7 Å². The van der Waals surface area contributed by atoms with Crippen LogP contribution in [0.3, 0.4) is 0 Å². The molecule has 0 fully saturated rings. The maximum absolute atomic E-state index is 11.0. The second-order valence-electron chi connectivity index (χ2n) is 4.13. The highest BCUT2D eigenvalue weighted by Crippen LogP contribution is 2.13. The lowest BCUT2D eigenvalue weighted by molar-refractivity contribution is 0.472. The molecule has 1 rings (SSSR count). The lowest BCUT2D eigenvalue weighted by atomic mass is 9.99. The normalized spacial score (nSPS) is 12.4. The Morgan fingerprint density at radius 3 is 2.94 bits per heavy atom. The van der Waals surface area contributed by atoms with Gasteiger partial charge >= 0.3 is 0 Å². The molecule has 4 heteroatoms. The molecule has 0 aliphatic carbocycles. The van der Waals surface area contributed by atoms with E-state index in [1.54, 1.807) is 12.3 Å². The highest BCUT2D eigenvalue weighted by atomic mass is 16.1. The maximum Gasteiger partial charge on any atom is 0.266 e. The molecule has 16 heavy (non-hydrogen) atoms. The molecule has 1 aromatic heterocycles. The fourth-order valence-corrected chi connectivity index (χ4v) is 1.68. The number of aromatic nitrogens is 2. The van der Waals surface area contributed by atoms with Crippen molar-refractivity contribution in [1.29, 1.82) is 0 Å². The Balaban J connectivity index is 2.40. The summed E-state index contributed by atoms with van der Waals surface area (Å²) in [6.07, 6.45) is 6.57. The van der Waals surface area contributed by atoms with Gasteiger partial charge in [-0.15, -0.1) is 0 Å². The number of nitrogens with zero attached hydrogens (tertiary/aromatic N) is 1. The van der Waals surface area contributed by atoms with Crippen LogP contribution in [0.1, 0.15) is 39.5 Å². The van der Waals surface area contributed by atoms with Crippen molar-refractivity contribution in [3.8, 4) is 0 Å². The van der Waals surface area contributed by atoms with Crippen LogP contribution in [0.4, 0.5) is 5.69 Å². The summed E-state index contributed by atoms with van der Waals surface area (Å²) in [5.41, 5.74) is 0.644. The van der Waals surface area contributed by atoms with Crippen molar-refractivity contribution in [2.75, 3.05) is 11.9 Å². The molecule has 0 saturated heterocycles. The van der Waals surface area contributed by atoms with Crippen molar-refractivity contribution < 1.29 is 0 Å². The van der Waals surface area contributed by atoms with Crippen molar-refractivity contribution >= 4 is 5.69 Å². The molecule has 1 unspecified atom stereocenters. The molecule has 0 spiro atoms. The fourth-order valence-electron chi connectivity index (χ4n) is 1.68. The van der Waals surface area contributed by atoms with Crippen molar-refractivity contribution in [3.63, 3.8) is 0 Å². The number of hydrogen-bond acceptors (Lipinski definition) is 3. The van der Waals surface area contributed by atoms with E-state index in [0.717, 1.165) is 12.2 Å². The number of H-pyrrole nitrogens is 1. The molecular weight excluding hydrogens is 202 g/mol.